The Balaban J connectivity index is 1.99. The molecule has 3 atom stereocenters. The zero-order valence-corrected chi connectivity index (χ0v) is 30.3. The van der Waals surface area contributed by atoms with Crippen LogP contribution in [0.25, 0.3) is 0 Å². The number of carbonyl (C=O) groups is 5. The first-order valence-corrected chi connectivity index (χ1v) is 18.4. The van der Waals surface area contributed by atoms with Crippen LogP contribution in [0.15, 0.2) is 0 Å². The van der Waals surface area contributed by atoms with E-state index < -0.39 is 18.7 Å². The van der Waals surface area contributed by atoms with E-state index in [1.54, 1.807) is 20.8 Å². The van der Waals surface area contributed by atoms with Crippen molar-refractivity contribution in [2.24, 2.45) is 5.92 Å². The van der Waals surface area contributed by atoms with E-state index in [1.807, 2.05) is 20.8 Å². The van der Waals surface area contributed by atoms with Gasteiger partial charge in [-0.05, 0) is 73.6 Å². The van der Waals surface area contributed by atoms with E-state index in [9.17, 15) is 33.4 Å². The van der Waals surface area contributed by atoms with Gasteiger partial charge in [0.1, 0.15) is 11.6 Å². The molecule has 0 aliphatic heterocycles. The zero-order chi connectivity index (χ0) is 35.5. The van der Waals surface area contributed by atoms with Crippen molar-refractivity contribution in [2.45, 2.75) is 129 Å². The number of amides is 2. The summed E-state index contributed by atoms with van der Waals surface area (Å²) in [5.74, 6) is -0.769. The molecule has 0 bridgehead atoms. The van der Waals surface area contributed by atoms with E-state index in [2.05, 4.69) is 10.6 Å². The highest BCUT2D eigenvalue weighted by Gasteiger charge is 2.36. The fourth-order valence-corrected chi connectivity index (χ4v) is 5.47. The minimum Gasteiger partial charge on any atom is -0.377 e. The number of ketones is 3. The average molecular weight is 691 g/mol. The molecule has 2 unspecified atom stereocenters. The first-order valence-electron chi connectivity index (χ1n) is 16.8. The Morgan fingerprint density at radius 1 is 0.723 bits per heavy atom. The van der Waals surface area contributed by atoms with Gasteiger partial charge in [0, 0.05) is 51.0 Å². The molecule has 1 aliphatic carbocycles. The number of Topliss-reactive ketones (excluding diaryl/α,β-unsaturated/α-hetero) is 3. The van der Waals surface area contributed by atoms with Gasteiger partial charge in [-0.3, -0.25) is 28.5 Å². The summed E-state index contributed by atoms with van der Waals surface area (Å²) in [5, 5.41) is 4.28. The Labute approximate surface area is 280 Å². The molecule has 0 heterocycles. The highest BCUT2D eigenvalue weighted by Crippen LogP contribution is 2.54. The molecule has 0 aromatic rings. The Morgan fingerprint density at radius 3 is 1.94 bits per heavy atom. The molecule has 1 rings (SSSR count). The van der Waals surface area contributed by atoms with E-state index in [1.165, 1.54) is 0 Å². The molecular formula is C33H59N2O11P. The molecular weight excluding hydrogens is 631 g/mol. The third kappa shape index (κ3) is 20.8. The molecule has 13 nitrogen and oxygen atoms in total. The van der Waals surface area contributed by atoms with Gasteiger partial charge in [-0.15, -0.1) is 0 Å². The topological polar surface area (TPSA) is 184 Å². The highest BCUT2D eigenvalue weighted by atomic mass is 31.2. The third-order valence-electron chi connectivity index (χ3n) is 7.52. The summed E-state index contributed by atoms with van der Waals surface area (Å²) in [6, 6.07) is 0. The van der Waals surface area contributed by atoms with Gasteiger partial charge < -0.3 is 34.3 Å². The van der Waals surface area contributed by atoms with E-state index in [4.69, 9.17) is 18.7 Å². The molecule has 3 N–H and O–H groups in total. The van der Waals surface area contributed by atoms with Gasteiger partial charge in [0.2, 0.25) is 11.8 Å². The van der Waals surface area contributed by atoms with Crippen LogP contribution in [0.2, 0.25) is 0 Å². The van der Waals surface area contributed by atoms with Crippen molar-refractivity contribution >= 4 is 36.8 Å². The normalized spacial score (nSPS) is 18.0. The highest BCUT2D eigenvalue weighted by molar-refractivity contribution is 7.54. The summed E-state index contributed by atoms with van der Waals surface area (Å²) in [5.41, 5.74) is -0.214. The van der Waals surface area contributed by atoms with Crippen LogP contribution >= 0.6 is 7.60 Å². The number of hydrogen-bond donors (Lipinski definition) is 3. The summed E-state index contributed by atoms with van der Waals surface area (Å²) in [4.78, 5) is 70.5. The fourth-order valence-electron chi connectivity index (χ4n) is 4.76. The van der Waals surface area contributed by atoms with Gasteiger partial charge >= 0.3 is 7.60 Å². The maximum Gasteiger partial charge on any atom is 0.333 e. The number of ether oxygens (including phenoxy) is 3. The molecule has 0 aromatic heterocycles. The van der Waals surface area contributed by atoms with Gasteiger partial charge in [-0.25, -0.2) is 0 Å². The number of hydrogen-bond acceptors (Lipinski definition) is 10. The Bertz CT molecular complexity index is 1050. The summed E-state index contributed by atoms with van der Waals surface area (Å²) >= 11 is 0. The first kappa shape index (κ1) is 43.0. The van der Waals surface area contributed by atoms with E-state index in [0.717, 1.165) is 19.3 Å². The lowest BCUT2D eigenvalue weighted by molar-refractivity contribution is -0.128. The summed E-state index contributed by atoms with van der Waals surface area (Å²) in [6.07, 6.45) is 4.71. The van der Waals surface area contributed by atoms with Gasteiger partial charge in [0.25, 0.3) is 0 Å². The summed E-state index contributed by atoms with van der Waals surface area (Å²) in [6.45, 7) is 11.9. The van der Waals surface area contributed by atoms with Crippen molar-refractivity contribution in [3.05, 3.63) is 0 Å². The Morgan fingerprint density at radius 2 is 1.30 bits per heavy atom. The second-order valence-electron chi connectivity index (χ2n) is 14.0. The van der Waals surface area contributed by atoms with Crippen molar-refractivity contribution in [3.63, 3.8) is 0 Å². The number of unbranched alkanes of at least 4 members (excludes halogenated alkanes) is 1. The number of nitrogens with one attached hydrogen (secondary N) is 2. The Hall–Kier alpha value is -2.02. The van der Waals surface area contributed by atoms with Crippen LogP contribution in [-0.2, 0) is 47.3 Å². The monoisotopic (exact) mass is 690 g/mol. The molecule has 2 amide bonds. The lowest BCUT2D eigenvalue weighted by atomic mass is 9.97. The van der Waals surface area contributed by atoms with Crippen LogP contribution in [0, 0.1) is 5.92 Å². The molecule has 1 saturated carbocycles. The van der Waals surface area contributed by atoms with Crippen LogP contribution in [0.1, 0.15) is 112 Å². The third-order valence-corrected chi connectivity index (χ3v) is 9.74. The predicted octanol–water partition coefficient (Wildman–Crippen LogP) is 4.06. The number of carbonyl (C=O) groups excluding carboxylic acids is 5. The van der Waals surface area contributed by atoms with Crippen LogP contribution in [0.3, 0.4) is 0 Å². The van der Waals surface area contributed by atoms with Crippen molar-refractivity contribution in [2.75, 3.05) is 46.1 Å². The maximum atomic E-state index is 12.5. The molecule has 47 heavy (non-hydrogen) atoms. The number of rotatable bonds is 25. The molecule has 1 fully saturated rings. The van der Waals surface area contributed by atoms with Crippen molar-refractivity contribution in [3.8, 4) is 0 Å². The van der Waals surface area contributed by atoms with Gasteiger partial charge in [-0.1, -0.05) is 0 Å². The van der Waals surface area contributed by atoms with E-state index in [-0.39, 0.29) is 113 Å². The summed E-state index contributed by atoms with van der Waals surface area (Å²) < 4.78 is 33.6. The standard InChI is InChI=1S/C33H59N2O11P/c1-32(2,3)46-28-14-11-25(23-28)29(38)10-8-7-9-26(36)12-15-31(40)35-24-27(37)13-16-30(39)34-17-18-43-19-20-44-21-22-45-47(41,42)33(4,5)6/h25,28H,7-24H2,1-6H3,(H,34,39)(H,35,40)(H,41,42)/t25?,28-/m0/s1. The average Bonchev–Trinajstić information content (AvgIpc) is 3.43. The minimum absolute atomic E-state index is 0.00936. The van der Waals surface area contributed by atoms with Crippen molar-refractivity contribution in [1.29, 1.82) is 0 Å². The van der Waals surface area contributed by atoms with Crippen LogP contribution in [0.4, 0.5) is 0 Å². The lowest BCUT2D eigenvalue weighted by Crippen LogP contribution is -2.31. The van der Waals surface area contributed by atoms with Gasteiger partial charge in [0.15, 0.2) is 5.78 Å². The molecule has 0 saturated heterocycles. The smallest absolute Gasteiger partial charge is 0.333 e. The first-order chi connectivity index (χ1) is 21.9. The molecule has 14 heteroatoms. The molecule has 272 valence electrons. The quantitative estimate of drug-likeness (QED) is 0.0927. The van der Waals surface area contributed by atoms with Crippen molar-refractivity contribution in [1.82, 2.24) is 10.6 Å². The second-order valence-corrected chi connectivity index (χ2v) is 16.6. The van der Waals surface area contributed by atoms with E-state index in [0.29, 0.717) is 25.7 Å². The lowest BCUT2D eigenvalue weighted by Gasteiger charge is -2.24. The zero-order valence-electron chi connectivity index (χ0n) is 29.4. The SMILES string of the molecule is CC(C)(C)O[C@H]1CCC(C(=O)CCCCC(=O)CCC(=O)NCC(=O)CCC(=O)NCCOCCOCCOP(=O)(O)C(C)(C)C)C1. The fraction of sp³-hybridized carbons (Fsp3) is 0.848. The summed E-state index contributed by atoms with van der Waals surface area (Å²) in [7, 11) is -3.71. The molecule has 0 radical (unpaired) electrons. The van der Waals surface area contributed by atoms with Crippen LogP contribution < -0.4 is 10.6 Å². The molecule has 0 spiro atoms. The molecule has 0 aromatic carbocycles. The van der Waals surface area contributed by atoms with Gasteiger partial charge in [0.05, 0.1) is 56.4 Å². The second kappa shape index (κ2) is 21.8. The predicted molar refractivity (Wildman–Crippen MR) is 177 cm³/mol. The van der Waals surface area contributed by atoms with Gasteiger partial charge in [-0.2, -0.15) is 0 Å². The van der Waals surface area contributed by atoms with Crippen LogP contribution in [0.5, 0.6) is 0 Å². The maximum absolute atomic E-state index is 12.5. The van der Waals surface area contributed by atoms with Crippen molar-refractivity contribution < 1.29 is 52.2 Å². The minimum atomic E-state index is -3.71. The molecule has 1 aliphatic rings. The Kier molecular flexibility index (Phi) is 20.0. The van der Waals surface area contributed by atoms with Crippen LogP contribution in [-0.4, -0.2) is 97.0 Å². The van der Waals surface area contributed by atoms with E-state index >= 15 is 0 Å². The largest absolute Gasteiger partial charge is 0.377 e.